The molecule has 0 heterocycles. The highest BCUT2D eigenvalue weighted by atomic mass is 19.1. The van der Waals surface area contributed by atoms with Crippen molar-refractivity contribution in [1.29, 1.82) is 0 Å². The smallest absolute Gasteiger partial charge is 0.126 e. The molecule has 1 nitrogen and oxygen atoms in total. The first kappa shape index (κ1) is 16.2. The summed E-state index contributed by atoms with van der Waals surface area (Å²) in [5, 5.41) is 3.53. The van der Waals surface area contributed by atoms with Crippen molar-refractivity contribution < 1.29 is 4.39 Å². The SMILES string of the molecule is CCCC(C)(CNCC(C)C)Cc1ccccc1F. The topological polar surface area (TPSA) is 12.0 Å². The van der Waals surface area contributed by atoms with Crippen LogP contribution in [0.15, 0.2) is 24.3 Å². The van der Waals surface area contributed by atoms with E-state index in [4.69, 9.17) is 0 Å². The Kier molecular flexibility index (Phi) is 6.50. The van der Waals surface area contributed by atoms with Gasteiger partial charge in [0.05, 0.1) is 0 Å². The highest BCUT2D eigenvalue weighted by Gasteiger charge is 2.24. The molecule has 2 heteroatoms. The van der Waals surface area contributed by atoms with Gasteiger partial charge in [0.2, 0.25) is 0 Å². The van der Waals surface area contributed by atoms with Crippen LogP contribution in [0.1, 0.15) is 46.1 Å². The average Bonchev–Trinajstić information content (AvgIpc) is 2.32. The molecule has 1 unspecified atom stereocenters. The Morgan fingerprint density at radius 3 is 2.53 bits per heavy atom. The van der Waals surface area contributed by atoms with E-state index in [-0.39, 0.29) is 11.2 Å². The maximum atomic E-state index is 13.8. The van der Waals surface area contributed by atoms with E-state index in [9.17, 15) is 4.39 Å². The number of hydrogen-bond donors (Lipinski definition) is 1. The Hall–Kier alpha value is -0.890. The summed E-state index contributed by atoms with van der Waals surface area (Å²) in [6.45, 7) is 10.9. The van der Waals surface area contributed by atoms with Gasteiger partial charge in [0.15, 0.2) is 0 Å². The molecule has 1 atom stereocenters. The van der Waals surface area contributed by atoms with Crippen LogP contribution in [0.25, 0.3) is 0 Å². The molecular formula is C17H28FN. The summed E-state index contributed by atoms with van der Waals surface area (Å²) >= 11 is 0. The van der Waals surface area contributed by atoms with Crippen molar-refractivity contribution >= 4 is 0 Å². The van der Waals surface area contributed by atoms with Gasteiger partial charge in [0, 0.05) is 6.54 Å². The summed E-state index contributed by atoms with van der Waals surface area (Å²) in [5.41, 5.74) is 0.969. The summed E-state index contributed by atoms with van der Waals surface area (Å²) in [4.78, 5) is 0. The zero-order chi connectivity index (χ0) is 14.3. The molecular weight excluding hydrogens is 237 g/mol. The zero-order valence-electron chi connectivity index (χ0n) is 12.8. The molecule has 0 aliphatic carbocycles. The van der Waals surface area contributed by atoms with Crippen LogP contribution in [0.2, 0.25) is 0 Å². The molecule has 19 heavy (non-hydrogen) atoms. The molecule has 108 valence electrons. The van der Waals surface area contributed by atoms with Gasteiger partial charge in [-0.25, -0.2) is 4.39 Å². The molecule has 0 aromatic heterocycles. The van der Waals surface area contributed by atoms with Gasteiger partial charge >= 0.3 is 0 Å². The van der Waals surface area contributed by atoms with Crippen LogP contribution in [0, 0.1) is 17.2 Å². The number of halogens is 1. The Morgan fingerprint density at radius 1 is 1.26 bits per heavy atom. The molecule has 0 aliphatic rings. The van der Waals surface area contributed by atoms with Gasteiger partial charge in [-0.2, -0.15) is 0 Å². The second-order valence-corrected chi connectivity index (χ2v) is 6.35. The third kappa shape index (κ3) is 5.73. The molecule has 0 saturated heterocycles. The van der Waals surface area contributed by atoms with E-state index in [0.717, 1.165) is 37.9 Å². The summed E-state index contributed by atoms with van der Waals surface area (Å²) in [6.07, 6.45) is 3.05. The number of hydrogen-bond acceptors (Lipinski definition) is 1. The molecule has 0 radical (unpaired) electrons. The first-order chi connectivity index (χ1) is 8.97. The molecule has 1 aromatic rings. The Morgan fingerprint density at radius 2 is 1.95 bits per heavy atom. The first-order valence-electron chi connectivity index (χ1n) is 7.41. The largest absolute Gasteiger partial charge is 0.316 e. The van der Waals surface area contributed by atoms with Gasteiger partial charge in [-0.15, -0.1) is 0 Å². The molecule has 0 fully saturated rings. The molecule has 0 spiro atoms. The maximum Gasteiger partial charge on any atom is 0.126 e. The van der Waals surface area contributed by atoms with Gasteiger partial charge in [-0.05, 0) is 42.3 Å². The van der Waals surface area contributed by atoms with Crippen LogP contribution < -0.4 is 5.32 Å². The Balaban J connectivity index is 2.67. The quantitative estimate of drug-likeness (QED) is 0.733. The fourth-order valence-corrected chi connectivity index (χ4v) is 2.61. The summed E-state index contributed by atoms with van der Waals surface area (Å²) in [7, 11) is 0. The molecule has 1 aromatic carbocycles. The average molecular weight is 265 g/mol. The summed E-state index contributed by atoms with van der Waals surface area (Å²) in [5.74, 6) is 0.577. The van der Waals surface area contributed by atoms with E-state index in [1.807, 2.05) is 12.1 Å². The van der Waals surface area contributed by atoms with E-state index < -0.39 is 0 Å². The number of benzene rings is 1. The standard InChI is InChI=1S/C17H28FN/c1-5-10-17(4,13-19-12-14(2)3)11-15-8-6-7-9-16(15)18/h6-9,14,19H,5,10-13H2,1-4H3. The molecule has 1 N–H and O–H groups in total. The van der Waals surface area contributed by atoms with Gasteiger partial charge in [-0.3, -0.25) is 0 Å². The third-order valence-corrected chi connectivity index (χ3v) is 3.53. The predicted molar refractivity (Wildman–Crippen MR) is 80.8 cm³/mol. The van der Waals surface area contributed by atoms with E-state index in [1.165, 1.54) is 0 Å². The lowest BCUT2D eigenvalue weighted by atomic mass is 9.79. The van der Waals surface area contributed by atoms with Crippen molar-refractivity contribution in [3.8, 4) is 0 Å². The monoisotopic (exact) mass is 265 g/mol. The first-order valence-corrected chi connectivity index (χ1v) is 7.41. The van der Waals surface area contributed by atoms with Gasteiger partial charge in [-0.1, -0.05) is 52.3 Å². The van der Waals surface area contributed by atoms with Crippen molar-refractivity contribution in [2.45, 2.75) is 47.0 Å². The van der Waals surface area contributed by atoms with E-state index in [1.54, 1.807) is 12.1 Å². The van der Waals surface area contributed by atoms with Crippen molar-refractivity contribution in [2.75, 3.05) is 13.1 Å². The van der Waals surface area contributed by atoms with Crippen LogP contribution in [-0.4, -0.2) is 13.1 Å². The van der Waals surface area contributed by atoms with Crippen LogP contribution >= 0.6 is 0 Å². The fourth-order valence-electron chi connectivity index (χ4n) is 2.61. The highest BCUT2D eigenvalue weighted by Crippen LogP contribution is 2.28. The minimum Gasteiger partial charge on any atom is -0.316 e. The van der Waals surface area contributed by atoms with E-state index in [2.05, 4.69) is 33.0 Å². The highest BCUT2D eigenvalue weighted by molar-refractivity contribution is 5.19. The molecule has 0 aliphatic heterocycles. The van der Waals surface area contributed by atoms with Crippen LogP contribution in [-0.2, 0) is 6.42 Å². The van der Waals surface area contributed by atoms with Crippen molar-refractivity contribution in [1.82, 2.24) is 5.32 Å². The van der Waals surface area contributed by atoms with Crippen molar-refractivity contribution in [3.63, 3.8) is 0 Å². The minimum atomic E-state index is -0.0753. The minimum absolute atomic E-state index is 0.0753. The third-order valence-electron chi connectivity index (χ3n) is 3.53. The Labute approximate surface area is 117 Å². The fraction of sp³-hybridized carbons (Fsp3) is 0.647. The van der Waals surface area contributed by atoms with Crippen LogP contribution in [0.4, 0.5) is 4.39 Å². The molecule has 0 bridgehead atoms. The van der Waals surface area contributed by atoms with Crippen molar-refractivity contribution in [2.24, 2.45) is 11.3 Å². The Bertz CT molecular complexity index is 375. The van der Waals surface area contributed by atoms with Crippen LogP contribution in [0.3, 0.4) is 0 Å². The van der Waals surface area contributed by atoms with Gasteiger partial charge in [0.1, 0.15) is 5.82 Å². The maximum absolute atomic E-state index is 13.8. The molecule has 0 saturated carbocycles. The molecule has 0 amide bonds. The summed E-state index contributed by atoms with van der Waals surface area (Å²) in [6, 6.07) is 7.15. The normalized spacial score (nSPS) is 14.6. The van der Waals surface area contributed by atoms with Gasteiger partial charge < -0.3 is 5.32 Å². The van der Waals surface area contributed by atoms with E-state index in [0.29, 0.717) is 5.92 Å². The predicted octanol–water partition coefficient (Wildman–Crippen LogP) is 4.42. The molecule has 1 rings (SSSR count). The number of nitrogens with one attached hydrogen (secondary N) is 1. The lowest BCUT2D eigenvalue weighted by Gasteiger charge is -2.30. The second-order valence-electron chi connectivity index (χ2n) is 6.35. The van der Waals surface area contributed by atoms with Crippen molar-refractivity contribution in [3.05, 3.63) is 35.6 Å². The van der Waals surface area contributed by atoms with Gasteiger partial charge in [0.25, 0.3) is 0 Å². The second kappa shape index (κ2) is 7.64. The number of rotatable bonds is 8. The van der Waals surface area contributed by atoms with Crippen LogP contribution in [0.5, 0.6) is 0 Å². The van der Waals surface area contributed by atoms with E-state index >= 15 is 0 Å². The lowest BCUT2D eigenvalue weighted by molar-refractivity contribution is 0.268. The summed E-state index contributed by atoms with van der Waals surface area (Å²) < 4.78 is 13.8. The lowest BCUT2D eigenvalue weighted by Crippen LogP contribution is -2.35. The zero-order valence-corrected chi connectivity index (χ0v) is 12.8.